The van der Waals surface area contributed by atoms with Crippen LogP contribution < -0.4 is 5.32 Å². The lowest BCUT2D eigenvalue weighted by Gasteiger charge is -2.18. The first-order valence-corrected chi connectivity index (χ1v) is 9.48. The van der Waals surface area contributed by atoms with Gasteiger partial charge in [0.1, 0.15) is 6.26 Å². The summed E-state index contributed by atoms with van der Waals surface area (Å²) in [5, 5.41) is 13.6. The minimum atomic E-state index is -0.469. The Bertz CT molecular complexity index is 958. The van der Waals surface area contributed by atoms with E-state index in [-0.39, 0.29) is 41.8 Å². The van der Waals surface area contributed by atoms with Gasteiger partial charge in [0, 0.05) is 30.3 Å². The smallest absolute Gasteiger partial charge is 0.273 e. The van der Waals surface area contributed by atoms with Gasteiger partial charge in [-0.25, -0.2) is 4.98 Å². The molecule has 9 nitrogen and oxygen atoms in total. The van der Waals surface area contributed by atoms with Crippen LogP contribution in [0.5, 0.6) is 0 Å². The third-order valence-electron chi connectivity index (χ3n) is 4.80. The van der Waals surface area contributed by atoms with Crippen molar-refractivity contribution in [2.24, 2.45) is 0 Å². The summed E-state index contributed by atoms with van der Waals surface area (Å²) >= 11 is 0. The summed E-state index contributed by atoms with van der Waals surface area (Å²) in [6.07, 6.45) is 8.16. The number of carbonyl (C=O) groups excluding carboxylic acids is 2. The molecule has 2 amide bonds. The maximum atomic E-state index is 12.7. The van der Waals surface area contributed by atoms with Crippen LogP contribution >= 0.6 is 0 Å². The normalized spacial score (nSPS) is 16.0. The van der Waals surface area contributed by atoms with Crippen LogP contribution in [0.3, 0.4) is 0 Å². The zero-order chi connectivity index (χ0) is 20.4. The third kappa shape index (κ3) is 4.87. The zero-order valence-electron chi connectivity index (χ0n) is 15.6. The molecule has 2 aromatic rings. The van der Waals surface area contributed by atoms with Crippen LogP contribution in [0.15, 0.2) is 41.0 Å². The second-order valence-electron chi connectivity index (χ2n) is 7.25. The fourth-order valence-corrected chi connectivity index (χ4v) is 2.86. The van der Waals surface area contributed by atoms with Crippen LogP contribution in [-0.2, 0) is 11.3 Å². The Hall–Kier alpha value is -3.49. The van der Waals surface area contributed by atoms with Crippen LogP contribution in [0.25, 0.3) is 6.08 Å². The van der Waals surface area contributed by atoms with Crippen molar-refractivity contribution in [1.29, 1.82) is 0 Å². The molecule has 2 aliphatic carbocycles. The van der Waals surface area contributed by atoms with Crippen LogP contribution in [0.4, 0.5) is 5.69 Å². The van der Waals surface area contributed by atoms with Gasteiger partial charge < -0.3 is 14.6 Å². The van der Waals surface area contributed by atoms with Gasteiger partial charge in [0.25, 0.3) is 11.6 Å². The quantitative estimate of drug-likeness (QED) is 0.416. The molecule has 2 fully saturated rings. The van der Waals surface area contributed by atoms with Gasteiger partial charge in [0.2, 0.25) is 11.8 Å². The topological polar surface area (TPSA) is 119 Å². The molecule has 0 radical (unpaired) electrons. The lowest BCUT2D eigenvalue weighted by Crippen LogP contribution is -2.31. The SMILES string of the molecule is O=C(NC1CC1)c1coc(CN(C(=O)/C=C/c2ccc([N+](=O)[O-])cc2)C2CC2)n1. The number of carbonyl (C=O) groups is 2. The van der Waals surface area contributed by atoms with Crippen LogP contribution in [0.1, 0.15) is 47.6 Å². The summed E-state index contributed by atoms with van der Waals surface area (Å²) in [6, 6.07) is 6.31. The van der Waals surface area contributed by atoms with Gasteiger partial charge in [-0.2, -0.15) is 0 Å². The second-order valence-corrected chi connectivity index (χ2v) is 7.25. The summed E-state index contributed by atoms with van der Waals surface area (Å²) in [5.41, 5.74) is 0.907. The highest BCUT2D eigenvalue weighted by atomic mass is 16.6. The van der Waals surface area contributed by atoms with Crippen molar-refractivity contribution in [2.45, 2.75) is 44.3 Å². The Morgan fingerprint density at radius 2 is 1.97 bits per heavy atom. The summed E-state index contributed by atoms with van der Waals surface area (Å²) in [7, 11) is 0. The van der Waals surface area contributed by atoms with E-state index in [1.54, 1.807) is 23.1 Å². The summed E-state index contributed by atoms with van der Waals surface area (Å²) < 4.78 is 5.39. The highest BCUT2D eigenvalue weighted by molar-refractivity contribution is 5.93. The molecule has 29 heavy (non-hydrogen) atoms. The van der Waals surface area contributed by atoms with Crippen molar-refractivity contribution in [3.8, 4) is 0 Å². The number of rotatable bonds is 8. The molecule has 1 N–H and O–H groups in total. The number of non-ortho nitro benzene ring substituents is 1. The van der Waals surface area contributed by atoms with Gasteiger partial charge in [-0.1, -0.05) is 0 Å². The number of nitro groups is 1. The minimum Gasteiger partial charge on any atom is -0.446 e. The molecule has 1 aromatic carbocycles. The van der Waals surface area contributed by atoms with Gasteiger partial charge in [-0.3, -0.25) is 19.7 Å². The molecule has 1 heterocycles. The van der Waals surface area contributed by atoms with Gasteiger partial charge in [-0.15, -0.1) is 0 Å². The lowest BCUT2D eigenvalue weighted by atomic mass is 10.2. The lowest BCUT2D eigenvalue weighted by molar-refractivity contribution is -0.384. The molecule has 1 aromatic heterocycles. The summed E-state index contributed by atoms with van der Waals surface area (Å²) in [6.45, 7) is 0.185. The van der Waals surface area contributed by atoms with Crippen LogP contribution in [0, 0.1) is 10.1 Å². The molecular formula is C20H20N4O5. The Kier molecular flexibility index (Phi) is 5.11. The monoisotopic (exact) mass is 396 g/mol. The predicted molar refractivity (Wildman–Crippen MR) is 103 cm³/mol. The number of nitrogens with one attached hydrogen (secondary N) is 1. The van der Waals surface area contributed by atoms with E-state index in [0.29, 0.717) is 11.5 Å². The maximum Gasteiger partial charge on any atom is 0.273 e. The molecule has 0 unspecified atom stereocenters. The van der Waals surface area contributed by atoms with E-state index >= 15 is 0 Å². The number of benzene rings is 1. The molecule has 2 aliphatic rings. The molecule has 150 valence electrons. The fraction of sp³-hybridized carbons (Fsp3) is 0.350. The van der Waals surface area contributed by atoms with Crippen LogP contribution in [0.2, 0.25) is 0 Å². The number of nitro benzene ring substituents is 1. The third-order valence-corrected chi connectivity index (χ3v) is 4.80. The van der Waals surface area contributed by atoms with Gasteiger partial charge in [0.05, 0.1) is 11.5 Å². The average Bonchev–Trinajstić information content (AvgIpc) is 3.65. The number of hydrogen-bond acceptors (Lipinski definition) is 6. The first-order valence-electron chi connectivity index (χ1n) is 9.48. The second kappa shape index (κ2) is 7.86. The Labute approximate surface area is 166 Å². The zero-order valence-corrected chi connectivity index (χ0v) is 15.6. The van der Waals surface area contributed by atoms with Crippen molar-refractivity contribution in [1.82, 2.24) is 15.2 Å². The van der Waals surface area contributed by atoms with Crippen molar-refractivity contribution >= 4 is 23.6 Å². The Balaban J connectivity index is 1.39. The minimum absolute atomic E-state index is 0.00139. The molecule has 0 spiro atoms. The fourth-order valence-electron chi connectivity index (χ4n) is 2.86. The average molecular weight is 396 g/mol. The van der Waals surface area contributed by atoms with E-state index < -0.39 is 4.92 Å². The molecule has 4 rings (SSSR count). The van der Waals surface area contributed by atoms with Crippen LogP contribution in [-0.4, -0.2) is 38.7 Å². The van der Waals surface area contributed by atoms with Crippen molar-refractivity contribution in [3.63, 3.8) is 0 Å². The van der Waals surface area contributed by atoms with E-state index in [9.17, 15) is 19.7 Å². The standard InChI is InChI=1S/C20H20N4O5/c25-19(10-3-13-1-6-16(7-2-13)24(27)28)23(15-8-9-15)11-18-22-17(12-29-18)20(26)21-14-4-5-14/h1-3,6-7,10,12,14-15H,4-5,8-9,11H2,(H,21,26)/b10-3+. The number of hydrogen-bond donors (Lipinski definition) is 1. The maximum absolute atomic E-state index is 12.7. The van der Waals surface area contributed by atoms with Gasteiger partial charge >= 0.3 is 0 Å². The molecule has 0 bridgehead atoms. The van der Waals surface area contributed by atoms with E-state index in [1.807, 2.05) is 0 Å². The van der Waals surface area contributed by atoms with Crippen molar-refractivity contribution in [2.75, 3.05) is 0 Å². The van der Waals surface area contributed by atoms with Crippen molar-refractivity contribution in [3.05, 3.63) is 63.9 Å². The predicted octanol–water partition coefficient (Wildman–Crippen LogP) is 2.68. The number of aromatic nitrogens is 1. The molecule has 9 heteroatoms. The molecule has 2 saturated carbocycles. The van der Waals surface area contributed by atoms with E-state index in [1.165, 1.54) is 24.5 Å². The Morgan fingerprint density at radius 3 is 2.59 bits per heavy atom. The summed E-state index contributed by atoms with van der Waals surface area (Å²) in [4.78, 5) is 40.8. The van der Waals surface area contributed by atoms with E-state index in [2.05, 4.69) is 10.3 Å². The Morgan fingerprint density at radius 1 is 1.24 bits per heavy atom. The summed E-state index contributed by atoms with van der Waals surface area (Å²) in [5.74, 6) is -0.146. The first-order chi connectivity index (χ1) is 14.0. The van der Waals surface area contributed by atoms with Crippen molar-refractivity contribution < 1.29 is 18.9 Å². The first kappa shape index (κ1) is 18.9. The molecule has 0 saturated heterocycles. The van der Waals surface area contributed by atoms with E-state index in [0.717, 1.165) is 25.7 Å². The number of nitrogens with zero attached hydrogens (tertiary/aromatic N) is 3. The van der Waals surface area contributed by atoms with Gasteiger partial charge in [-0.05, 0) is 49.5 Å². The molecular weight excluding hydrogens is 376 g/mol. The number of oxazole rings is 1. The van der Waals surface area contributed by atoms with Gasteiger partial charge in [0.15, 0.2) is 5.69 Å². The van der Waals surface area contributed by atoms with E-state index in [4.69, 9.17) is 4.42 Å². The highest BCUT2D eigenvalue weighted by Crippen LogP contribution is 2.29. The molecule has 0 atom stereocenters. The number of amides is 2. The highest BCUT2D eigenvalue weighted by Gasteiger charge is 2.33. The largest absolute Gasteiger partial charge is 0.446 e. The molecule has 0 aliphatic heterocycles.